The molecule has 2 aromatic carbocycles. The summed E-state index contributed by atoms with van der Waals surface area (Å²) >= 11 is 0. The molecule has 0 radical (unpaired) electrons. The van der Waals surface area contributed by atoms with Crippen molar-refractivity contribution in [2.45, 2.75) is 4.90 Å². The second-order valence-electron chi connectivity index (χ2n) is 5.22. The van der Waals surface area contributed by atoms with Crippen LogP contribution in [0.1, 0.15) is 0 Å². The van der Waals surface area contributed by atoms with Gasteiger partial charge in [0.1, 0.15) is 5.82 Å². The lowest BCUT2D eigenvalue weighted by Crippen LogP contribution is -2.23. The quantitative estimate of drug-likeness (QED) is 0.836. The predicted molar refractivity (Wildman–Crippen MR) is 90.8 cm³/mol. The third-order valence-electron chi connectivity index (χ3n) is 3.19. The van der Waals surface area contributed by atoms with Gasteiger partial charge in [0, 0.05) is 25.5 Å². The summed E-state index contributed by atoms with van der Waals surface area (Å²) in [5.41, 5.74) is 0.969. The third kappa shape index (κ3) is 4.53. The molecule has 0 saturated carbocycles. The van der Waals surface area contributed by atoms with Crippen molar-refractivity contribution in [2.75, 3.05) is 31.3 Å². The fourth-order valence-electron chi connectivity index (χ4n) is 1.91. The Hall–Kier alpha value is -2.45. The van der Waals surface area contributed by atoms with Crippen LogP contribution < -0.4 is 10.6 Å². The molecule has 2 rings (SSSR count). The van der Waals surface area contributed by atoms with Gasteiger partial charge in [0.15, 0.2) is 0 Å². The number of carbonyl (C=O) groups is 1. The molecular weight excluding hydrogens is 333 g/mol. The third-order valence-corrected chi connectivity index (χ3v) is 5.02. The van der Waals surface area contributed by atoms with E-state index in [-0.39, 0.29) is 17.3 Å². The lowest BCUT2D eigenvalue weighted by Gasteiger charge is -2.12. The predicted octanol–water partition coefficient (Wildman–Crippen LogP) is 2.13. The van der Waals surface area contributed by atoms with E-state index in [1.165, 1.54) is 50.5 Å². The van der Waals surface area contributed by atoms with Gasteiger partial charge in [-0.2, -0.15) is 0 Å². The van der Waals surface area contributed by atoms with E-state index in [1.807, 2.05) is 0 Å². The number of anilines is 2. The first-order valence-electron chi connectivity index (χ1n) is 7.11. The Morgan fingerprint density at radius 1 is 1.08 bits per heavy atom. The zero-order chi connectivity index (χ0) is 17.7. The summed E-state index contributed by atoms with van der Waals surface area (Å²) in [6, 6.07) is 11.7. The maximum absolute atomic E-state index is 13.0. The van der Waals surface area contributed by atoms with Gasteiger partial charge >= 0.3 is 0 Å². The van der Waals surface area contributed by atoms with Crippen molar-refractivity contribution in [1.29, 1.82) is 0 Å². The van der Waals surface area contributed by atoms with Crippen LogP contribution in [0.15, 0.2) is 53.4 Å². The fourth-order valence-corrected chi connectivity index (χ4v) is 2.81. The van der Waals surface area contributed by atoms with Crippen molar-refractivity contribution in [1.82, 2.24) is 4.31 Å². The summed E-state index contributed by atoms with van der Waals surface area (Å²) in [4.78, 5) is 12.0. The Morgan fingerprint density at radius 3 is 2.33 bits per heavy atom. The zero-order valence-corrected chi connectivity index (χ0v) is 14.1. The average Bonchev–Trinajstić information content (AvgIpc) is 2.53. The summed E-state index contributed by atoms with van der Waals surface area (Å²) in [5, 5.41) is 5.43. The van der Waals surface area contributed by atoms with Crippen LogP contribution in [0.25, 0.3) is 0 Å². The van der Waals surface area contributed by atoms with Gasteiger partial charge < -0.3 is 10.6 Å². The van der Waals surface area contributed by atoms with E-state index in [4.69, 9.17) is 0 Å². The van der Waals surface area contributed by atoms with Crippen LogP contribution in [0.4, 0.5) is 15.8 Å². The van der Waals surface area contributed by atoms with Gasteiger partial charge in [-0.25, -0.2) is 17.1 Å². The molecule has 2 aromatic rings. The van der Waals surface area contributed by atoms with Crippen LogP contribution in [-0.4, -0.2) is 39.3 Å². The summed E-state index contributed by atoms with van der Waals surface area (Å²) in [5.74, 6) is -0.722. The largest absolute Gasteiger partial charge is 0.376 e. The SMILES string of the molecule is CN(C)S(=O)(=O)c1ccc(NC(=O)CNc2cccc(F)c2)cc1. The molecule has 24 heavy (non-hydrogen) atoms. The van der Waals surface area contributed by atoms with Crippen molar-refractivity contribution in [3.05, 3.63) is 54.3 Å². The van der Waals surface area contributed by atoms with Crippen LogP contribution in [-0.2, 0) is 14.8 Å². The second-order valence-corrected chi connectivity index (χ2v) is 7.38. The molecule has 128 valence electrons. The van der Waals surface area contributed by atoms with Crippen LogP contribution in [0.2, 0.25) is 0 Å². The number of hydrogen-bond acceptors (Lipinski definition) is 4. The van der Waals surface area contributed by atoms with Crippen LogP contribution in [0, 0.1) is 5.82 Å². The van der Waals surface area contributed by atoms with E-state index in [1.54, 1.807) is 12.1 Å². The van der Waals surface area contributed by atoms with E-state index < -0.39 is 15.8 Å². The molecule has 1 amide bonds. The lowest BCUT2D eigenvalue weighted by molar-refractivity contribution is -0.114. The summed E-state index contributed by atoms with van der Waals surface area (Å²) in [6.45, 7) is -0.0405. The van der Waals surface area contributed by atoms with Gasteiger partial charge in [-0.1, -0.05) is 6.07 Å². The highest BCUT2D eigenvalue weighted by atomic mass is 32.2. The van der Waals surface area contributed by atoms with Gasteiger partial charge in [-0.05, 0) is 42.5 Å². The Labute approximate surface area is 140 Å². The molecule has 0 unspecified atom stereocenters. The molecular formula is C16H18FN3O3S. The zero-order valence-electron chi connectivity index (χ0n) is 13.3. The van der Waals surface area contributed by atoms with Crippen molar-refractivity contribution < 1.29 is 17.6 Å². The van der Waals surface area contributed by atoms with E-state index in [9.17, 15) is 17.6 Å². The molecule has 0 aromatic heterocycles. The molecule has 6 nitrogen and oxygen atoms in total. The number of carbonyl (C=O) groups excluding carboxylic acids is 1. The van der Waals surface area contributed by atoms with E-state index >= 15 is 0 Å². The topological polar surface area (TPSA) is 78.5 Å². The van der Waals surface area contributed by atoms with Gasteiger partial charge in [0.2, 0.25) is 15.9 Å². The van der Waals surface area contributed by atoms with Gasteiger partial charge in [-0.15, -0.1) is 0 Å². The monoisotopic (exact) mass is 351 g/mol. The van der Waals surface area contributed by atoms with Crippen molar-refractivity contribution in [3.63, 3.8) is 0 Å². The molecule has 0 atom stereocenters. The van der Waals surface area contributed by atoms with Crippen LogP contribution in [0.5, 0.6) is 0 Å². The fraction of sp³-hybridized carbons (Fsp3) is 0.188. The molecule has 2 N–H and O–H groups in total. The summed E-state index contributed by atoms with van der Waals surface area (Å²) in [7, 11) is -0.605. The highest BCUT2D eigenvalue weighted by molar-refractivity contribution is 7.89. The summed E-state index contributed by atoms with van der Waals surface area (Å²) in [6.07, 6.45) is 0. The Balaban J connectivity index is 1.95. The standard InChI is InChI=1S/C16H18FN3O3S/c1-20(2)24(22,23)15-8-6-13(7-9-15)19-16(21)11-18-14-5-3-4-12(17)10-14/h3-10,18H,11H2,1-2H3,(H,19,21). The molecule has 0 aliphatic heterocycles. The number of halogens is 1. The first kappa shape index (κ1) is 17.9. The Bertz CT molecular complexity index is 821. The number of rotatable bonds is 6. The highest BCUT2D eigenvalue weighted by Gasteiger charge is 2.16. The van der Waals surface area contributed by atoms with Crippen molar-refractivity contribution in [3.8, 4) is 0 Å². The minimum atomic E-state index is -3.50. The molecule has 0 bridgehead atoms. The van der Waals surface area contributed by atoms with Gasteiger partial charge in [0.25, 0.3) is 0 Å². The number of nitrogens with zero attached hydrogens (tertiary/aromatic N) is 1. The average molecular weight is 351 g/mol. The van der Waals surface area contributed by atoms with E-state index in [0.717, 1.165) is 4.31 Å². The number of hydrogen-bond donors (Lipinski definition) is 2. The van der Waals surface area contributed by atoms with Gasteiger partial charge in [-0.3, -0.25) is 4.79 Å². The Morgan fingerprint density at radius 2 is 1.75 bits per heavy atom. The number of nitrogens with one attached hydrogen (secondary N) is 2. The number of amides is 1. The van der Waals surface area contributed by atoms with Crippen molar-refractivity contribution in [2.24, 2.45) is 0 Å². The summed E-state index contributed by atoms with van der Waals surface area (Å²) < 4.78 is 38.1. The molecule has 0 spiro atoms. The van der Waals surface area contributed by atoms with Gasteiger partial charge in [0.05, 0.1) is 11.4 Å². The molecule has 0 saturated heterocycles. The van der Waals surface area contributed by atoms with Crippen LogP contribution in [0.3, 0.4) is 0 Å². The first-order valence-corrected chi connectivity index (χ1v) is 8.55. The maximum atomic E-state index is 13.0. The number of sulfonamides is 1. The van der Waals surface area contributed by atoms with Crippen LogP contribution >= 0.6 is 0 Å². The Kier molecular flexibility index (Phi) is 5.53. The smallest absolute Gasteiger partial charge is 0.243 e. The highest BCUT2D eigenvalue weighted by Crippen LogP contribution is 2.16. The van der Waals surface area contributed by atoms with Crippen molar-refractivity contribution >= 4 is 27.3 Å². The van der Waals surface area contributed by atoms with E-state index in [0.29, 0.717) is 11.4 Å². The second kappa shape index (κ2) is 7.41. The number of benzene rings is 2. The first-order chi connectivity index (χ1) is 11.3. The maximum Gasteiger partial charge on any atom is 0.243 e. The minimum absolute atomic E-state index is 0.0405. The normalized spacial score (nSPS) is 11.3. The molecule has 8 heteroatoms. The molecule has 0 fully saturated rings. The molecule has 0 aliphatic rings. The molecule has 0 aliphatic carbocycles. The molecule has 0 heterocycles. The minimum Gasteiger partial charge on any atom is -0.376 e. The van der Waals surface area contributed by atoms with E-state index in [2.05, 4.69) is 10.6 Å². The lowest BCUT2D eigenvalue weighted by atomic mass is 10.3.